The lowest BCUT2D eigenvalue weighted by Crippen LogP contribution is -2.28. The van der Waals surface area contributed by atoms with Gasteiger partial charge in [0.15, 0.2) is 0 Å². The van der Waals surface area contributed by atoms with E-state index in [0.29, 0.717) is 4.91 Å². The van der Waals surface area contributed by atoms with Crippen LogP contribution >= 0.6 is 11.8 Å². The summed E-state index contributed by atoms with van der Waals surface area (Å²) < 4.78 is 2.16. The molecular formula is C21H20N2O2S. The zero-order valence-corrected chi connectivity index (χ0v) is 16.1. The number of nitrogens with zero attached hydrogens (tertiary/aromatic N) is 2. The molecule has 0 radical (unpaired) electrons. The van der Waals surface area contributed by atoms with Gasteiger partial charge in [0, 0.05) is 17.1 Å². The smallest absolute Gasteiger partial charge is 0.294 e. The summed E-state index contributed by atoms with van der Waals surface area (Å²) >= 11 is 0.935. The Balaban J connectivity index is 2.03. The van der Waals surface area contributed by atoms with Crippen molar-refractivity contribution in [2.75, 3.05) is 6.54 Å². The Morgan fingerprint density at radius 2 is 1.73 bits per heavy atom. The van der Waals surface area contributed by atoms with E-state index >= 15 is 0 Å². The van der Waals surface area contributed by atoms with Crippen LogP contribution in [0.25, 0.3) is 11.8 Å². The zero-order valence-electron chi connectivity index (χ0n) is 15.3. The van der Waals surface area contributed by atoms with Crippen LogP contribution in [0.15, 0.2) is 29.2 Å². The maximum absolute atomic E-state index is 12.4. The molecule has 1 aromatic carbocycles. The average molecular weight is 364 g/mol. The number of rotatable bonds is 3. The van der Waals surface area contributed by atoms with Crippen LogP contribution in [-0.4, -0.2) is 27.2 Å². The summed E-state index contributed by atoms with van der Waals surface area (Å²) in [5.41, 5.74) is 6.51. The summed E-state index contributed by atoms with van der Waals surface area (Å²) in [6, 6.07) is 8.44. The predicted molar refractivity (Wildman–Crippen MR) is 106 cm³/mol. The highest BCUT2D eigenvalue weighted by molar-refractivity contribution is 8.18. The fraction of sp³-hybridized carbons (Fsp3) is 0.238. The van der Waals surface area contributed by atoms with Crippen molar-refractivity contribution in [3.63, 3.8) is 0 Å². The molecule has 2 amide bonds. The summed E-state index contributed by atoms with van der Waals surface area (Å²) in [7, 11) is 0. The average Bonchev–Trinajstić information content (AvgIpc) is 2.97. The van der Waals surface area contributed by atoms with E-state index in [1.54, 1.807) is 6.08 Å². The Bertz CT molecular complexity index is 972. The normalized spacial score (nSPS) is 15.8. The van der Waals surface area contributed by atoms with Crippen molar-refractivity contribution >= 4 is 29.0 Å². The van der Waals surface area contributed by atoms with Crippen LogP contribution < -0.4 is 0 Å². The lowest BCUT2D eigenvalue weighted by atomic mass is 10.1. The quantitative estimate of drug-likeness (QED) is 0.599. The van der Waals surface area contributed by atoms with E-state index in [-0.39, 0.29) is 17.7 Å². The Morgan fingerprint density at radius 3 is 2.35 bits per heavy atom. The Labute approximate surface area is 157 Å². The van der Waals surface area contributed by atoms with Crippen molar-refractivity contribution in [3.05, 3.63) is 57.2 Å². The monoisotopic (exact) mass is 364 g/mol. The first-order valence-electron chi connectivity index (χ1n) is 8.28. The van der Waals surface area contributed by atoms with Crippen molar-refractivity contribution < 1.29 is 9.59 Å². The van der Waals surface area contributed by atoms with E-state index in [9.17, 15) is 9.59 Å². The maximum Gasteiger partial charge on any atom is 0.294 e. The van der Waals surface area contributed by atoms with Gasteiger partial charge in [0.25, 0.3) is 11.1 Å². The van der Waals surface area contributed by atoms with Gasteiger partial charge in [-0.1, -0.05) is 12.0 Å². The minimum absolute atomic E-state index is 0.00357. The number of thioether (sulfide) groups is 1. The van der Waals surface area contributed by atoms with Gasteiger partial charge in [-0.3, -0.25) is 14.5 Å². The molecule has 1 saturated heterocycles. The molecule has 1 aliphatic rings. The molecule has 1 aromatic heterocycles. The summed E-state index contributed by atoms with van der Waals surface area (Å²) in [6.07, 6.45) is 7.02. The lowest BCUT2D eigenvalue weighted by molar-refractivity contribution is -0.122. The molecular weight excluding hydrogens is 344 g/mol. The molecule has 1 fully saturated rings. The minimum atomic E-state index is -0.325. The number of aryl methyl sites for hydroxylation is 3. The van der Waals surface area contributed by atoms with Gasteiger partial charge < -0.3 is 4.57 Å². The van der Waals surface area contributed by atoms with Crippen LogP contribution in [0.2, 0.25) is 0 Å². The lowest BCUT2D eigenvalue weighted by Gasteiger charge is -2.12. The first kappa shape index (κ1) is 18.1. The first-order valence-corrected chi connectivity index (χ1v) is 9.10. The van der Waals surface area contributed by atoms with E-state index in [2.05, 4.69) is 42.5 Å². The van der Waals surface area contributed by atoms with E-state index in [0.717, 1.165) is 39.3 Å². The Hall–Kier alpha value is -2.71. The molecule has 0 saturated carbocycles. The molecule has 0 bridgehead atoms. The molecule has 0 atom stereocenters. The summed E-state index contributed by atoms with van der Waals surface area (Å²) in [5, 5.41) is -0.317. The number of hydrogen-bond acceptors (Lipinski definition) is 3. The highest BCUT2D eigenvalue weighted by Gasteiger charge is 2.34. The van der Waals surface area contributed by atoms with Gasteiger partial charge in [-0.25, -0.2) is 0 Å². The standard InChI is InChI=1S/C21H20N2O2S/c1-6-7-22-20(24)19(26-21(22)25)12-17-11-15(4)23(16(17)5)18-9-13(2)8-14(3)10-18/h1,8-12H,7H2,2-5H3/b19-12+. The number of terminal acetylenes is 1. The number of hydrogen-bond donors (Lipinski definition) is 0. The third-order valence-electron chi connectivity index (χ3n) is 4.34. The van der Waals surface area contributed by atoms with Gasteiger partial charge in [-0.2, -0.15) is 0 Å². The molecule has 5 heteroatoms. The minimum Gasteiger partial charge on any atom is -0.318 e. The Kier molecular flexibility index (Phi) is 4.80. The summed E-state index contributed by atoms with van der Waals surface area (Å²) in [6.45, 7) is 8.21. The topological polar surface area (TPSA) is 42.3 Å². The molecule has 4 nitrogen and oxygen atoms in total. The molecule has 0 unspecified atom stereocenters. The van der Waals surface area contributed by atoms with Gasteiger partial charge in [-0.05, 0) is 80.4 Å². The molecule has 26 heavy (non-hydrogen) atoms. The maximum atomic E-state index is 12.4. The Morgan fingerprint density at radius 1 is 1.08 bits per heavy atom. The third kappa shape index (κ3) is 3.21. The highest BCUT2D eigenvalue weighted by atomic mass is 32.2. The number of imide groups is 1. The molecule has 3 rings (SSSR count). The molecule has 0 N–H and O–H groups in total. The number of carbonyl (C=O) groups excluding carboxylic acids is 2. The zero-order chi connectivity index (χ0) is 19.0. The number of benzene rings is 1. The first-order chi connectivity index (χ1) is 12.3. The van der Waals surface area contributed by atoms with Crippen molar-refractivity contribution in [1.82, 2.24) is 9.47 Å². The molecule has 0 spiro atoms. The van der Waals surface area contributed by atoms with Crippen LogP contribution in [0.1, 0.15) is 28.1 Å². The van der Waals surface area contributed by atoms with Crippen LogP contribution in [0.3, 0.4) is 0 Å². The van der Waals surface area contributed by atoms with Crippen molar-refractivity contribution in [1.29, 1.82) is 0 Å². The van der Waals surface area contributed by atoms with Crippen molar-refractivity contribution in [3.8, 4) is 18.0 Å². The molecule has 132 valence electrons. The van der Waals surface area contributed by atoms with Crippen LogP contribution in [0.4, 0.5) is 4.79 Å². The third-order valence-corrected chi connectivity index (χ3v) is 5.25. The summed E-state index contributed by atoms with van der Waals surface area (Å²) in [5.74, 6) is 2.03. The largest absolute Gasteiger partial charge is 0.318 e. The van der Waals surface area contributed by atoms with Gasteiger partial charge in [0.2, 0.25) is 0 Å². The van der Waals surface area contributed by atoms with Gasteiger partial charge in [0.1, 0.15) is 0 Å². The highest BCUT2D eigenvalue weighted by Crippen LogP contribution is 2.33. The fourth-order valence-corrected chi connectivity index (χ4v) is 4.11. The second-order valence-electron chi connectivity index (χ2n) is 6.48. The molecule has 2 heterocycles. The molecule has 2 aromatic rings. The van der Waals surface area contributed by atoms with E-state index in [1.807, 2.05) is 19.9 Å². The predicted octanol–water partition coefficient (Wildman–Crippen LogP) is 4.38. The van der Waals surface area contributed by atoms with E-state index in [1.165, 1.54) is 11.1 Å². The van der Waals surface area contributed by atoms with Gasteiger partial charge >= 0.3 is 0 Å². The van der Waals surface area contributed by atoms with Crippen LogP contribution in [0.5, 0.6) is 0 Å². The second kappa shape index (κ2) is 6.89. The van der Waals surface area contributed by atoms with Crippen LogP contribution in [0, 0.1) is 40.0 Å². The SMILES string of the molecule is C#CCN1C(=O)S/C(=C/c2cc(C)n(-c3cc(C)cc(C)c3)c2C)C1=O. The van der Waals surface area contributed by atoms with Crippen LogP contribution in [-0.2, 0) is 4.79 Å². The summed E-state index contributed by atoms with van der Waals surface area (Å²) in [4.78, 5) is 25.8. The van der Waals surface area contributed by atoms with Gasteiger partial charge in [-0.15, -0.1) is 6.42 Å². The van der Waals surface area contributed by atoms with E-state index < -0.39 is 0 Å². The molecule has 0 aliphatic carbocycles. The van der Waals surface area contributed by atoms with Gasteiger partial charge in [0.05, 0.1) is 11.4 Å². The fourth-order valence-electron chi connectivity index (χ4n) is 3.28. The number of carbonyl (C=O) groups is 2. The number of amides is 2. The van der Waals surface area contributed by atoms with Crippen molar-refractivity contribution in [2.24, 2.45) is 0 Å². The second-order valence-corrected chi connectivity index (χ2v) is 7.47. The molecule has 1 aliphatic heterocycles. The van der Waals surface area contributed by atoms with Crippen molar-refractivity contribution in [2.45, 2.75) is 27.7 Å². The number of aromatic nitrogens is 1. The van der Waals surface area contributed by atoms with E-state index in [4.69, 9.17) is 6.42 Å².